The number of alkyl halides is 3. The molecule has 3 N–H and O–H groups in total. The van der Waals surface area contributed by atoms with Crippen molar-refractivity contribution in [2.75, 3.05) is 13.1 Å². The van der Waals surface area contributed by atoms with E-state index in [-0.39, 0.29) is 30.2 Å². The van der Waals surface area contributed by atoms with Crippen LogP contribution < -0.4 is 10.6 Å². The molecule has 0 radical (unpaired) electrons. The number of hydrogen-bond acceptors (Lipinski definition) is 6. The van der Waals surface area contributed by atoms with Gasteiger partial charge in [0.05, 0.1) is 24.0 Å². The molecule has 5 rings (SSSR count). The standard InChI is InChI=1S/C32H33F3N4O4/c33-32(34,35)24-7-3-6-21(17-24)30(42)37-19-29(41)39-16-4-9-28(39)38-25-12-14-31(43,15-13-25)27-11-10-22(18-36-27)26-8-2-1-5-23(26)20-40/h1-3,5-8,10-11,17-18,20,25,28,38,43H,4,9,12-16,19H2,(H,37,42)/t25?,28-,31?/m0/s1. The van der Waals surface area contributed by atoms with E-state index in [1.165, 1.54) is 6.07 Å². The third-order valence-electron chi connectivity index (χ3n) is 8.31. The van der Waals surface area contributed by atoms with Gasteiger partial charge in [0.1, 0.15) is 5.60 Å². The third kappa shape index (κ3) is 6.94. The SMILES string of the molecule is O=Cc1ccccc1-c1ccc(C2(O)CCC(N[C@@H]3CCCN3C(=O)CNC(=O)c3cccc(C(F)(F)F)c3)CC2)nc1. The summed E-state index contributed by atoms with van der Waals surface area (Å²) in [5, 5.41) is 17.4. The van der Waals surface area contributed by atoms with E-state index in [0.717, 1.165) is 48.5 Å². The van der Waals surface area contributed by atoms with Gasteiger partial charge in [0.25, 0.3) is 5.91 Å². The molecule has 0 spiro atoms. The summed E-state index contributed by atoms with van der Waals surface area (Å²) < 4.78 is 39.0. The lowest BCUT2D eigenvalue weighted by Gasteiger charge is -2.38. The number of carbonyl (C=O) groups excluding carboxylic acids is 3. The summed E-state index contributed by atoms with van der Waals surface area (Å²) in [5.41, 5.74) is 0.544. The van der Waals surface area contributed by atoms with Crippen LogP contribution in [0.25, 0.3) is 11.1 Å². The molecule has 226 valence electrons. The molecule has 2 fully saturated rings. The fourth-order valence-electron chi connectivity index (χ4n) is 5.92. The van der Waals surface area contributed by atoms with Crippen LogP contribution in [0.5, 0.6) is 0 Å². The van der Waals surface area contributed by atoms with Crippen molar-refractivity contribution in [2.45, 2.75) is 62.5 Å². The third-order valence-corrected chi connectivity index (χ3v) is 8.31. The highest BCUT2D eigenvalue weighted by molar-refractivity contribution is 5.96. The number of hydrogen-bond donors (Lipinski definition) is 3. The average molecular weight is 595 g/mol. The van der Waals surface area contributed by atoms with E-state index in [1.54, 1.807) is 29.3 Å². The van der Waals surface area contributed by atoms with E-state index in [4.69, 9.17) is 0 Å². The molecule has 1 saturated carbocycles. The molecule has 2 aliphatic rings. The van der Waals surface area contributed by atoms with Crippen molar-refractivity contribution >= 4 is 18.1 Å². The number of likely N-dealkylation sites (tertiary alicyclic amines) is 1. The first-order valence-corrected chi connectivity index (χ1v) is 14.3. The molecule has 1 atom stereocenters. The molecular weight excluding hydrogens is 561 g/mol. The number of aldehydes is 1. The van der Waals surface area contributed by atoms with Crippen molar-refractivity contribution in [3.8, 4) is 11.1 Å². The maximum Gasteiger partial charge on any atom is 0.416 e. The molecule has 2 aromatic carbocycles. The Morgan fingerprint density at radius 1 is 1.05 bits per heavy atom. The van der Waals surface area contributed by atoms with Gasteiger partial charge in [-0.1, -0.05) is 36.4 Å². The number of carbonyl (C=O) groups is 3. The molecule has 1 aromatic heterocycles. The average Bonchev–Trinajstić information content (AvgIpc) is 3.49. The zero-order valence-electron chi connectivity index (χ0n) is 23.4. The predicted molar refractivity (Wildman–Crippen MR) is 153 cm³/mol. The summed E-state index contributed by atoms with van der Waals surface area (Å²) in [6.45, 7) is 0.187. The number of benzene rings is 2. The molecule has 1 saturated heterocycles. The molecule has 1 aliphatic carbocycles. The number of pyridine rings is 1. The molecule has 2 amide bonds. The summed E-state index contributed by atoms with van der Waals surface area (Å²) in [4.78, 5) is 43.0. The number of rotatable bonds is 8. The largest absolute Gasteiger partial charge is 0.416 e. The van der Waals surface area contributed by atoms with Crippen LogP contribution in [0.4, 0.5) is 13.2 Å². The molecule has 3 aromatic rings. The number of amides is 2. The van der Waals surface area contributed by atoms with Crippen LogP contribution in [0, 0.1) is 0 Å². The Labute approximate surface area is 247 Å². The fraction of sp³-hybridized carbons (Fsp3) is 0.375. The first kappa shape index (κ1) is 30.4. The van der Waals surface area contributed by atoms with E-state index in [0.29, 0.717) is 43.5 Å². The van der Waals surface area contributed by atoms with E-state index in [2.05, 4.69) is 15.6 Å². The highest BCUT2D eigenvalue weighted by Crippen LogP contribution is 2.37. The van der Waals surface area contributed by atoms with Crippen molar-refractivity contribution in [2.24, 2.45) is 0 Å². The second kappa shape index (κ2) is 12.6. The van der Waals surface area contributed by atoms with E-state index in [1.807, 2.05) is 18.2 Å². The smallest absolute Gasteiger partial charge is 0.384 e. The summed E-state index contributed by atoms with van der Waals surface area (Å²) in [6, 6.07) is 15.1. The number of nitrogens with one attached hydrogen (secondary N) is 2. The number of nitrogens with zero attached hydrogens (tertiary/aromatic N) is 2. The zero-order valence-corrected chi connectivity index (χ0v) is 23.4. The van der Waals surface area contributed by atoms with Crippen molar-refractivity contribution in [1.29, 1.82) is 0 Å². The topological polar surface area (TPSA) is 112 Å². The van der Waals surface area contributed by atoms with Crippen LogP contribution in [0.1, 0.15) is 70.5 Å². The molecule has 43 heavy (non-hydrogen) atoms. The Kier molecular flexibility index (Phi) is 8.93. The molecule has 0 unspecified atom stereocenters. The van der Waals surface area contributed by atoms with Crippen molar-refractivity contribution in [3.05, 3.63) is 89.2 Å². The van der Waals surface area contributed by atoms with Crippen molar-refractivity contribution in [3.63, 3.8) is 0 Å². The van der Waals surface area contributed by atoms with E-state index < -0.39 is 23.2 Å². The van der Waals surface area contributed by atoms with Crippen LogP contribution in [0.3, 0.4) is 0 Å². The minimum atomic E-state index is -4.57. The highest BCUT2D eigenvalue weighted by atomic mass is 19.4. The summed E-state index contributed by atoms with van der Waals surface area (Å²) >= 11 is 0. The van der Waals surface area contributed by atoms with Crippen molar-refractivity contribution < 1.29 is 32.7 Å². The first-order valence-electron chi connectivity index (χ1n) is 14.3. The Balaban J connectivity index is 1.13. The normalized spacial score (nSPS) is 22.3. The summed E-state index contributed by atoms with van der Waals surface area (Å²) in [7, 11) is 0. The molecule has 0 bridgehead atoms. The van der Waals surface area contributed by atoms with E-state index in [9.17, 15) is 32.7 Å². The Hall–Kier alpha value is -4.09. The van der Waals surface area contributed by atoms with Crippen LogP contribution in [0.2, 0.25) is 0 Å². The predicted octanol–water partition coefficient (Wildman–Crippen LogP) is 4.68. The summed E-state index contributed by atoms with van der Waals surface area (Å²) in [6.07, 6.45) is 1.49. The van der Waals surface area contributed by atoms with Crippen LogP contribution in [-0.2, 0) is 16.6 Å². The van der Waals surface area contributed by atoms with Gasteiger partial charge in [-0.25, -0.2) is 0 Å². The van der Waals surface area contributed by atoms with Crippen LogP contribution in [-0.4, -0.2) is 58.4 Å². The molecular formula is C32H33F3N4O4. The monoisotopic (exact) mass is 594 g/mol. The van der Waals surface area contributed by atoms with Gasteiger partial charge in [0, 0.05) is 35.5 Å². The second-order valence-electron chi connectivity index (χ2n) is 11.1. The van der Waals surface area contributed by atoms with Gasteiger partial charge < -0.3 is 15.3 Å². The highest BCUT2D eigenvalue weighted by Gasteiger charge is 2.38. The summed E-state index contributed by atoms with van der Waals surface area (Å²) in [5.74, 6) is -1.06. The zero-order chi connectivity index (χ0) is 30.6. The lowest BCUT2D eigenvalue weighted by atomic mass is 9.79. The van der Waals surface area contributed by atoms with Crippen molar-refractivity contribution in [1.82, 2.24) is 20.5 Å². The van der Waals surface area contributed by atoms with Crippen LogP contribution >= 0.6 is 0 Å². The molecule has 1 aliphatic heterocycles. The first-order chi connectivity index (χ1) is 20.6. The number of aromatic nitrogens is 1. The van der Waals surface area contributed by atoms with Crippen LogP contribution in [0.15, 0.2) is 66.9 Å². The number of halogens is 3. The van der Waals surface area contributed by atoms with Gasteiger partial charge in [-0.2, -0.15) is 13.2 Å². The lowest BCUT2D eigenvalue weighted by Crippen LogP contribution is -2.52. The molecule has 2 heterocycles. The lowest BCUT2D eigenvalue weighted by molar-refractivity contribution is -0.137. The van der Waals surface area contributed by atoms with Gasteiger partial charge in [-0.15, -0.1) is 0 Å². The second-order valence-corrected chi connectivity index (χ2v) is 11.1. The minimum Gasteiger partial charge on any atom is -0.384 e. The molecule has 11 heteroatoms. The Bertz CT molecular complexity index is 1470. The van der Waals surface area contributed by atoms with Gasteiger partial charge in [-0.3, -0.25) is 24.7 Å². The minimum absolute atomic E-state index is 0.0668. The maximum atomic E-state index is 13.0. The maximum absolute atomic E-state index is 13.0. The Morgan fingerprint density at radius 3 is 2.51 bits per heavy atom. The van der Waals surface area contributed by atoms with Gasteiger partial charge in [0.15, 0.2) is 6.29 Å². The van der Waals surface area contributed by atoms with Gasteiger partial charge in [-0.05, 0) is 68.4 Å². The molecule has 8 nitrogen and oxygen atoms in total. The van der Waals surface area contributed by atoms with Gasteiger partial charge >= 0.3 is 6.18 Å². The van der Waals surface area contributed by atoms with Gasteiger partial charge in [0.2, 0.25) is 5.91 Å². The Morgan fingerprint density at radius 2 is 1.81 bits per heavy atom. The van der Waals surface area contributed by atoms with E-state index >= 15 is 0 Å². The number of aliphatic hydroxyl groups is 1. The quantitative estimate of drug-likeness (QED) is 0.327. The fourth-order valence-corrected chi connectivity index (χ4v) is 5.92.